The first kappa shape index (κ1) is 13.4. The smallest absolute Gasteiger partial charge is 0.246 e. The van der Waals surface area contributed by atoms with Crippen molar-refractivity contribution in [1.29, 1.82) is 0 Å². The van der Waals surface area contributed by atoms with E-state index in [4.69, 9.17) is 4.74 Å². The van der Waals surface area contributed by atoms with Crippen molar-refractivity contribution in [2.24, 2.45) is 5.92 Å². The lowest BCUT2D eigenvalue weighted by atomic mass is 10.2. The number of ether oxygens (including phenoxy) is 1. The first-order valence-corrected chi connectivity index (χ1v) is 5.09. The molecule has 2 N–H and O–H groups in total. The van der Waals surface area contributed by atoms with E-state index in [2.05, 4.69) is 24.5 Å². The van der Waals surface area contributed by atoms with E-state index in [-0.39, 0.29) is 18.6 Å². The molecule has 0 spiro atoms. The molecule has 0 aliphatic heterocycles. The van der Waals surface area contributed by atoms with Gasteiger partial charge in [-0.25, -0.2) is 0 Å². The van der Waals surface area contributed by atoms with Crippen molar-refractivity contribution in [1.82, 2.24) is 10.6 Å². The van der Waals surface area contributed by atoms with Gasteiger partial charge in [-0.15, -0.1) is 0 Å². The number of carbonyl (C=O) groups is 1. The molecule has 14 heavy (non-hydrogen) atoms. The molecule has 0 heterocycles. The zero-order chi connectivity index (χ0) is 11.0. The van der Waals surface area contributed by atoms with Gasteiger partial charge in [-0.3, -0.25) is 4.79 Å². The Bertz CT molecular complexity index is 160. The zero-order valence-corrected chi connectivity index (χ0v) is 9.59. The van der Waals surface area contributed by atoms with Crippen LogP contribution in [0.4, 0.5) is 0 Å². The maximum absolute atomic E-state index is 11.2. The third-order valence-electron chi connectivity index (χ3n) is 1.70. The molecule has 0 saturated carbocycles. The van der Waals surface area contributed by atoms with Crippen LogP contribution in [-0.2, 0) is 9.53 Å². The summed E-state index contributed by atoms with van der Waals surface area (Å²) in [5.74, 6) is 0.440. The molecule has 1 atom stereocenters. The average Bonchev–Trinajstić information content (AvgIpc) is 2.12. The quantitative estimate of drug-likeness (QED) is 0.627. The van der Waals surface area contributed by atoms with Gasteiger partial charge < -0.3 is 15.4 Å². The lowest BCUT2D eigenvalue weighted by Crippen LogP contribution is -2.33. The summed E-state index contributed by atoms with van der Waals surface area (Å²) < 4.78 is 5.30. The second-order valence-electron chi connectivity index (χ2n) is 3.88. The summed E-state index contributed by atoms with van der Waals surface area (Å²) in [6, 6.07) is 0. The topological polar surface area (TPSA) is 50.4 Å². The molecule has 0 aromatic carbocycles. The fourth-order valence-corrected chi connectivity index (χ4v) is 0.933. The highest BCUT2D eigenvalue weighted by Crippen LogP contribution is 1.90. The van der Waals surface area contributed by atoms with Gasteiger partial charge in [-0.2, -0.15) is 0 Å². The Morgan fingerprint density at radius 3 is 2.43 bits per heavy atom. The summed E-state index contributed by atoms with van der Waals surface area (Å²) >= 11 is 0. The Labute approximate surface area is 86.4 Å². The van der Waals surface area contributed by atoms with Crippen molar-refractivity contribution in [3.05, 3.63) is 0 Å². The van der Waals surface area contributed by atoms with Gasteiger partial charge in [0.25, 0.3) is 0 Å². The van der Waals surface area contributed by atoms with Crippen LogP contribution in [0, 0.1) is 5.92 Å². The summed E-state index contributed by atoms with van der Waals surface area (Å²) in [6.45, 7) is 7.68. The maximum Gasteiger partial charge on any atom is 0.246 e. The summed E-state index contributed by atoms with van der Waals surface area (Å²) in [6.07, 6.45) is 0.0739. The van der Waals surface area contributed by atoms with Gasteiger partial charge in [0.1, 0.15) is 6.61 Å². The first-order chi connectivity index (χ1) is 6.56. The second kappa shape index (κ2) is 7.76. The summed E-state index contributed by atoms with van der Waals surface area (Å²) in [7, 11) is 1.86. The molecule has 0 aliphatic rings. The van der Waals surface area contributed by atoms with E-state index in [1.165, 1.54) is 0 Å². The molecule has 4 nitrogen and oxygen atoms in total. The normalized spacial score (nSPS) is 12.9. The number of amides is 1. The fourth-order valence-electron chi connectivity index (χ4n) is 0.933. The van der Waals surface area contributed by atoms with Gasteiger partial charge in [0.05, 0.1) is 6.10 Å². The van der Waals surface area contributed by atoms with Crippen molar-refractivity contribution >= 4 is 5.91 Å². The highest BCUT2D eigenvalue weighted by atomic mass is 16.5. The fraction of sp³-hybridized carbons (Fsp3) is 0.900. The highest BCUT2D eigenvalue weighted by molar-refractivity contribution is 5.77. The Hall–Kier alpha value is -0.610. The predicted molar refractivity (Wildman–Crippen MR) is 57.2 cm³/mol. The Morgan fingerprint density at radius 2 is 1.93 bits per heavy atom. The minimum atomic E-state index is -0.0401. The van der Waals surface area contributed by atoms with Gasteiger partial charge in [0, 0.05) is 13.1 Å². The second-order valence-corrected chi connectivity index (χ2v) is 3.88. The number of rotatable bonds is 7. The number of likely N-dealkylation sites (N-methyl/N-ethyl adjacent to an activating group) is 1. The third-order valence-corrected chi connectivity index (χ3v) is 1.70. The lowest BCUT2D eigenvalue weighted by molar-refractivity contribution is -0.127. The van der Waals surface area contributed by atoms with Gasteiger partial charge in [-0.1, -0.05) is 13.8 Å². The van der Waals surface area contributed by atoms with Crippen LogP contribution < -0.4 is 10.6 Å². The Balaban J connectivity index is 3.43. The third kappa shape index (κ3) is 8.01. The SMILES string of the molecule is CNCC(C)OCC(=O)NCC(C)C. The summed E-state index contributed by atoms with van der Waals surface area (Å²) in [4.78, 5) is 11.2. The molecule has 0 aliphatic carbocycles. The molecule has 0 rings (SSSR count). The van der Waals surface area contributed by atoms with E-state index < -0.39 is 0 Å². The van der Waals surface area contributed by atoms with Crippen molar-refractivity contribution in [2.45, 2.75) is 26.9 Å². The Morgan fingerprint density at radius 1 is 1.29 bits per heavy atom. The monoisotopic (exact) mass is 202 g/mol. The first-order valence-electron chi connectivity index (χ1n) is 5.09. The molecule has 0 radical (unpaired) electrons. The molecule has 1 unspecified atom stereocenters. The van der Waals surface area contributed by atoms with Crippen LogP contribution in [0.2, 0.25) is 0 Å². The number of hydrogen-bond acceptors (Lipinski definition) is 3. The van der Waals surface area contributed by atoms with Crippen LogP contribution in [-0.4, -0.2) is 38.8 Å². The van der Waals surface area contributed by atoms with Gasteiger partial charge in [-0.05, 0) is 19.9 Å². The van der Waals surface area contributed by atoms with E-state index in [1.54, 1.807) is 0 Å². The minimum Gasteiger partial charge on any atom is -0.367 e. The molecule has 0 fully saturated rings. The highest BCUT2D eigenvalue weighted by Gasteiger charge is 2.05. The molecule has 0 bridgehead atoms. The molecule has 0 saturated heterocycles. The molecule has 1 amide bonds. The molecule has 0 aromatic rings. The van der Waals surface area contributed by atoms with Crippen LogP contribution >= 0.6 is 0 Å². The van der Waals surface area contributed by atoms with E-state index in [0.717, 1.165) is 6.54 Å². The molecule has 84 valence electrons. The van der Waals surface area contributed by atoms with Gasteiger partial charge in [0.15, 0.2) is 0 Å². The van der Waals surface area contributed by atoms with E-state index in [0.29, 0.717) is 12.5 Å². The standard InChI is InChI=1S/C10H22N2O2/c1-8(2)5-12-10(13)7-14-9(3)6-11-4/h8-9,11H,5-7H2,1-4H3,(H,12,13). The van der Waals surface area contributed by atoms with E-state index in [1.807, 2.05) is 14.0 Å². The lowest BCUT2D eigenvalue weighted by Gasteiger charge is -2.12. The largest absolute Gasteiger partial charge is 0.367 e. The Kier molecular flexibility index (Phi) is 7.42. The van der Waals surface area contributed by atoms with Crippen molar-refractivity contribution < 1.29 is 9.53 Å². The average molecular weight is 202 g/mol. The van der Waals surface area contributed by atoms with Gasteiger partial charge >= 0.3 is 0 Å². The van der Waals surface area contributed by atoms with Gasteiger partial charge in [0.2, 0.25) is 5.91 Å². The molecule has 4 heteroatoms. The predicted octanol–water partition coefficient (Wildman–Crippen LogP) is 0.383. The van der Waals surface area contributed by atoms with E-state index >= 15 is 0 Å². The molecular formula is C10H22N2O2. The maximum atomic E-state index is 11.2. The van der Waals surface area contributed by atoms with E-state index in [9.17, 15) is 4.79 Å². The molecule has 0 aromatic heterocycles. The van der Waals surface area contributed by atoms with Crippen molar-refractivity contribution in [2.75, 3.05) is 26.7 Å². The minimum absolute atomic E-state index is 0.0401. The number of carbonyl (C=O) groups excluding carboxylic acids is 1. The van der Waals surface area contributed by atoms with Crippen LogP contribution in [0.3, 0.4) is 0 Å². The number of hydrogen-bond donors (Lipinski definition) is 2. The van der Waals surface area contributed by atoms with Crippen molar-refractivity contribution in [3.8, 4) is 0 Å². The number of nitrogens with one attached hydrogen (secondary N) is 2. The van der Waals surface area contributed by atoms with Crippen LogP contribution in [0.15, 0.2) is 0 Å². The van der Waals surface area contributed by atoms with Crippen molar-refractivity contribution in [3.63, 3.8) is 0 Å². The van der Waals surface area contributed by atoms with Crippen LogP contribution in [0.25, 0.3) is 0 Å². The summed E-state index contributed by atoms with van der Waals surface area (Å²) in [5, 5.41) is 5.78. The summed E-state index contributed by atoms with van der Waals surface area (Å²) in [5.41, 5.74) is 0. The van der Waals surface area contributed by atoms with Crippen LogP contribution in [0.5, 0.6) is 0 Å². The van der Waals surface area contributed by atoms with Crippen LogP contribution in [0.1, 0.15) is 20.8 Å². The molecular weight excluding hydrogens is 180 g/mol. The zero-order valence-electron chi connectivity index (χ0n) is 9.59.